The van der Waals surface area contributed by atoms with E-state index in [0.29, 0.717) is 6.04 Å². The van der Waals surface area contributed by atoms with Crippen molar-refractivity contribution in [3.63, 3.8) is 0 Å². The van der Waals surface area contributed by atoms with Gasteiger partial charge in [0.25, 0.3) is 0 Å². The SMILES string of the molecule is CC(NCCC1CNC1)C1CCOC1. The molecule has 2 aliphatic rings. The van der Waals surface area contributed by atoms with Crippen molar-refractivity contribution in [1.29, 1.82) is 0 Å². The van der Waals surface area contributed by atoms with Crippen molar-refractivity contribution >= 4 is 0 Å². The Kier molecular flexibility index (Phi) is 3.79. The van der Waals surface area contributed by atoms with Crippen LogP contribution in [0.2, 0.25) is 0 Å². The third-order valence-corrected chi connectivity index (χ3v) is 3.56. The van der Waals surface area contributed by atoms with Gasteiger partial charge in [-0.1, -0.05) is 0 Å². The molecule has 0 aliphatic carbocycles. The molecule has 2 heterocycles. The molecule has 0 amide bonds. The van der Waals surface area contributed by atoms with Crippen LogP contribution in [-0.4, -0.2) is 38.9 Å². The van der Waals surface area contributed by atoms with E-state index in [0.717, 1.165) is 25.0 Å². The summed E-state index contributed by atoms with van der Waals surface area (Å²) in [6.45, 7) is 7.83. The highest BCUT2D eigenvalue weighted by Gasteiger charge is 2.22. The standard InChI is InChI=1S/C11H22N2O/c1-9(11-3-5-14-8-11)13-4-2-10-6-12-7-10/h9-13H,2-8H2,1H3. The van der Waals surface area contributed by atoms with Crippen molar-refractivity contribution in [3.8, 4) is 0 Å². The molecule has 3 nitrogen and oxygen atoms in total. The molecule has 0 spiro atoms. The average molecular weight is 198 g/mol. The molecule has 0 aromatic heterocycles. The van der Waals surface area contributed by atoms with Gasteiger partial charge >= 0.3 is 0 Å². The molecule has 0 saturated carbocycles. The van der Waals surface area contributed by atoms with E-state index in [1.807, 2.05) is 0 Å². The van der Waals surface area contributed by atoms with Crippen molar-refractivity contribution in [2.75, 3.05) is 32.8 Å². The lowest BCUT2D eigenvalue weighted by atomic mass is 9.97. The largest absolute Gasteiger partial charge is 0.381 e. The van der Waals surface area contributed by atoms with Gasteiger partial charge in [-0.3, -0.25) is 0 Å². The maximum absolute atomic E-state index is 5.39. The molecule has 2 unspecified atom stereocenters. The van der Waals surface area contributed by atoms with Gasteiger partial charge in [0, 0.05) is 12.6 Å². The Morgan fingerprint density at radius 2 is 2.36 bits per heavy atom. The Hall–Kier alpha value is -0.120. The van der Waals surface area contributed by atoms with Crippen LogP contribution in [0.1, 0.15) is 19.8 Å². The highest BCUT2D eigenvalue weighted by molar-refractivity contribution is 4.78. The molecule has 0 radical (unpaired) electrons. The molecule has 2 N–H and O–H groups in total. The van der Waals surface area contributed by atoms with E-state index in [4.69, 9.17) is 4.74 Å². The van der Waals surface area contributed by atoms with Crippen LogP contribution in [0.25, 0.3) is 0 Å². The molecule has 2 fully saturated rings. The first kappa shape index (κ1) is 10.4. The maximum atomic E-state index is 5.39. The normalized spacial score (nSPS) is 30.2. The second kappa shape index (κ2) is 5.10. The van der Waals surface area contributed by atoms with E-state index >= 15 is 0 Å². The fourth-order valence-corrected chi connectivity index (χ4v) is 2.18. The summed E-state index contributed by atoms with van der Waals surface area (Å²) in [5, 5.41) is 6.92. The third kappa shape index (κ3) is 2.69. The van der Waals surface area contributed by atoms with Gasteiger partial charge in [-0.05, 0) is 51.2 Å². The van der Waals surface area contributed by atoms with E-state index in [2.05, 4.69) is 17.6 Å². The fourth-order valence-electron chi connectivity index (χ4n) is 2.18. The van der Waals surface area contributed by atoms with Crippen LogP contribution in [0, 0.1) is 11.8 Å². The predicted octanol–water partition coefficient (Wildman–Crippen LogP) is 0.611. The highest BCUT2D eigenvalue weighted by atomic mass is 16.5. The molecule has 2 atom stereocenters. The van der Waals surface area contributed by atoms with Gasteiger partial charge in [0.05, 0.1) is 6.61 Å². The summed E-state index contributed by atoms with van der Waals surface area (Å²) in [4.78, 5) is 0. The molecule has 82 valence electrons. The number of rotatable bonds is 5. The molecule has 0 aromatic rings. The van der Waals surface area contributed by atoms with Crippen molar-refractivity contribution in [2.45, 2.75) is 25.8 Å². The minimum atomic E-state index is 0.630. The van der Waals surface area contributed by atoms with Crippen LogP contribution in [0.3, 0.4) is 0 Å². The van der Waals surface area contributed by atoms with Gasteiger partial charge in [0.15, 0.2) is 0 Å². The van der Waals surface area contributed by atoms with Gasteiger partial charge in [-0.15, -0.1) is 0 Å². The highest BCUT2D eigenvalue weighted by Crippen LogP contribution is 2.16. The Balaban J connectivity index is 1.54. The van der Waals surface area contributed by atoms with E-state index in [1.165, 1.54) is 32.5 Å². The van der Waals surface area contributed by atoms with Crippen LogP contribution in [0.15, 0.2) is 0 Å². The summed E-state index contributed by atoms with van der Waals surface area (Å²) < 4.78 is 5.39. The molecule has 0 bridgehead atoms. The lowest BCUT2D eigenvalue weighted by Crippen LogP contribution is -2.44. The van der Waals surface area contributed by atoms with E-state index in [1.54, 1.807) is 0 Å². The summed E-state index contributed by atoms with van der Waals surface area (Å²) in [5.41, 5.74) is 0. The van der Waals surface area contributed by atoms with E-state index in [-0.39, 0.29) is 0 Å². The van der Waals surface area contributed by atoms with Gasteiger partial charge in [0.2, 0.25) is 0 Å². The van der Waals surface area contributed by atoms with Crippen LogP contribution in [0.4, 0.5) is 0 Å². The Bertz CT molecular complexity index is 165. The molecule has 14 heavy (non-hydrogen) atoms. The van der Waals surface area contributed by atoms with Crippen LogP contribution in [0.5, 0.6) is 0 Å². The zero-order valence-electron chi connectivity index (χ0n) is 9.09. The van der Waals surface area contributed by atoms with E-state index in [9.17, 15) is 0 Å². The quantitative estimate of drug-likeness (QED) is 0.679. The zero-order chi connectivity index (χ0) is 9.80. The Labute approximate surface area is 86.6 Å². The number of hydrogen-bond donors (Lipinski definition) is 2. The monoisotopic (exact) mass is 198 g/mol. The predicted molar refractivity (Wildman–Crippen MR) is 57.4 cm³/mol. The lowest BCUT2D eigenvalue weighted by molar-refractivity contribution is 0.177. The molecule has 2 saturated heterocycles. The summed E-state index contributed by atoms with van der Waals surface area (Å²) in [6, 6.07) is 0.630. The van der Waals surface area contributed by atoms with Crippen molar-refractivity contribution < 1.29 is 4.74 Å². The number of ether oxygens (including phenoxy) is 1. The minimum Gasteiger partial charge on any atom is -0.381 e. The summed E-state index contributed by atoms with van der Waals surface area (Å²) in [5.74, 6) is 1.67. The Morgan fingerprint density at radius 3 is 2.93 bits per heavy atom. The topological polar surface area (TPSA) is 33.3 Å². The van der Waals surface area contributed by atoms with Gasteiger partial charge < -0.3 is 15.4 Å². The van der Waals surface area contributed by atoms with Crippen molar-refractivity contribution in [2.24, 2.45) is 11.8 Å². The first-order chi connectivity index (χ1) is 6.86. The third-order valence-electron chi connectivity index (χ3n) is 3.56. The first-order valence-electron chi connectivity index (χ1n) is 5.88. The van der Waals surface area contributed by atoms with Crippen molar-refractivity contribution in [3.05, 3.63) is 0 Å². The van der Waals surface area contributed by atoms with Gasteiger partial charge in [-0.2, -0.15) is 0 Å². The minimum absolute atomic E-state index is 0.630. The number of hydrogen-bond acceptors (Lipinski definition) is 3. The second-order valence-corrected chi connectivity index (χ2v) is 4.68. The molecule has 3 heteroatoms. The molecule has 0 aromatic carbocycles. The van der Waals surface area contributed by atoms with Gasteiger partial charge in [0.1, 0.15) is 0 Å². The first-order valence-corrected chi connectivity index (χ1v) is 5.88. The molecule has 2 aliphatic heterocycles. The molecular formula is C11H22N2O. The molecular weight excluding hydrogens is 176 g/mol. The van der Waals surface area contributed by atoms with Crippen molar-refractivity contribution in [1.82, 2.24) is 10.6 Å². The summed E-state index contributed by atoms with van der Waals surface area (Å²) >= 11 is 0. The van der Waals surface area contributed by atoms with Crippen LogP contribution < -0.4 is 10.6 Å². The maximum Gasteiger partial charge on any atom is 0.0509 e. The number of nitrogens with one attached hydrogen (secondary N) is 2. The zero-order valence-corrected chi connectivity index (χ0v) is 9.09. The lowest BCUT2D eigenvalue weighted by Gasteiger charge is -2.28. The fraction of sp³-hybridized carbons (Fsp3) is 1.00. The molecule has 2 rings (SSSR count). The average Bonchev–Trinajstić information content (AvgIpc) is 2.61. The summed E-state index contributed by atoms with van der Waals surface area (Å²) in [7, 11) is 0. The van der Waals surface area contributed by atoms with Crippen LogP contribution >= 0.6 is 0 Å². The van der Waals surface area contributed by atoms with Gasteiger partial charge in [-0.25, -0.2) is 0 Å². The van der Waals surface area contributed by atoms with Crippen LogP contribution in [-0.2, 0) is 4.74 Å². The second-order valence-electron chi connectivity index (χ2n) is 4.68. The Morgan fingerprint density at radius 1 is 1.50 bits per heavy atom. The van der Waals surface area contributed by atoms with E-state index < -0.39 is 0 Å². The smallest absolute Gasteiger partial charge is 0.0509 e. The summed E-state index contributed by atoms with van der Waals surface area (Å²) in [6.07, 6.45) is 2.56.